The Bertz CT molecular complexity index is 262. The highest BCUT2D eigenvalue weighted by Gasteiger charge is 2.32. The van der Waals surface area contributed by atoms with Crippen molar-refractivity contribution in [2.45, 2.75) is 12.5 Å². The van der Waals surface area contributed by atoms with E-state index in [-0.39, 0.29) is 18.9 Å². The smallest absolute Gasteiger partial charge is 0.329 e. The summed E-state index contributed by atoms with van der Waals surface area (Å²) in [6, 6.07) is -0.477. The van der Waals surface area contributed by atoms with E-state index in [4.69, 9.17) is 18.9 Å². The molecule has 0 aromatic rings. The molecule has 0 radical (unpaired) electrons. The lowest BCUT2D eigenvalue weighted by Crippen LogP contribution is -2.53. The number of rotatable bonds is 10. The van der Waals surface area contributed by atoms with Crippen LogP contribution in [0, 0.1) is 0 Å². The molecule has 1 rings (SSSR count). The summed E-state index contributed by atoms with van der Waals surface area (Å²) in [6.07, 6.45) is 0.215. The Morgan fingerprint density at radius 1 is 1.17 bits per heavy atom. The molecule has 104 valence electrons. The summed E-state index contributed by atoms with van der Waals surface area (Å²) in [4.78, 5) is 21.8. The van der Waals surface area contributed by atoms with Gasteiger partial charge in [-0.3, -0.25) is 4.79 Å². The molecular formula is C11H19NO6. The molecule has 18 heavy (non-hydrogen) atoms. The van der Waals surface area contributed by atoms with Crippen LogP contribution in [0.4, 0.5) is 0 Å². The van der Waals surface area contributed by atoms with Crippen LogP contribution in [0.2, 0.25) is 0 Å². The maximum Gasteiger partial charge on any atom is 0.329 e. The Hall–Kier alpha value is -1.18. The molecule has 7 heteroatoms. The lowest BCUT2D eigenvalue weighted by Gasteiger charge is -2.24. The van der Waals surface area contributed by atoms with Crippen LogP contribution in [-0.4, -0.2) is 64.7 Å². The van der Waals surface area contributed by atoms with Gasteiger partial charge in [-0.05, 0) is 0 Å². The van der Waals surface area contributed by atoms with E-state index < -0.39 is 12.0 Å². The van der Waals surface area contributed by atoms with Crippen molar-refractivity contribution in [3.8, 4) is 0 Å². The Morgan fingerprint density at radius 3 is 2.28 bits per heavy atom. The molecule has 1 amide bonds. The lowest BCUT2D eigenvalue weighted by atomic mass is 10.1. The van der Waals surface area contributed by atoms with Crippen LogP contribution in [0.5, 0.6) is 0 Å². The Kier molecular flexibility index (Phi) is 7.31. The number of β-lactam (4-membered cyclic amide) rings is 1. The van der Waals surface area contributed by atoms with E-state index in [1.807, 2.05) is 0 Å². The zero-order valence-corrected chi connectivity index (χ0v) is 10.5. The van der Waals surface area contributed by atoms with E-state index in [1.54, 1.807) is 7.11 Å². The fraction of sp³-hybridized carbons (Fsp3) is 0.818. The number of carbonyl (C=O) groups is 2. The molecule has 0 spiro atoms. The number of nitrogens with one attached hydrogen (secondary N) is 1. The molecule has 0 bridgehead atoms. The number of hydrogen-bond acceptors (Lipinski definition) is 6. The summed E-state index contributed by atoms with van der Waals surface area (Å²) in [5, 5.41) is 2.44. The van der Waals surface area contributed by atoms with Crippen LogP contribution in [0.15, 0.2) is 0 Å². The predicted molar refractivity (Wildman–Crippen MR) is 61.0 cm³/mol. The summed E-state index contributed by atoms with van der Waals surface area (Å²) in [5.74, 6) is -0.532. The van der Waals surface area contributed by atoms with Crippen molar-refractivity contribution in [2.24, 2.45) is 0 Å². The minimum absolute atomic E-state index is 0.124. The largest absolute Gasteiger partial charge is 0.462 e. The van der Waals surface area contributed by atoms with Gasteiger partial charge < -0.3 is 24.3 Å². The number of hydrogen-bond donors (Lipinski definition) is 1. The molecule has 1 saturated heterocycles. The molecule has 0 aliphatic carbocycles. The Labute approximate surface area is 106 Å². The second-order valence-corrected chi connectivity index (χ2v) is 3.71. The normalized spacial score (nSPS) is 18.1. The van der Waals surface area contributed by atoms with Crippen molar-refractivity contribution >= 4 is 11.9 Å². The highest BCUT2D eigenvalue weighted by atomic mass is 16.6. The van der Waals surface area contributed by atoms with Crippen LogP contribution in [0.3, 0.4) is 0 Å². The fourth-order valence-electron chi connectivity index (χ4n) is 1.27. The number of ether oxygens (including phenoxy) is 4. The first kappa shape index (κ1) is 14.9. The molecule has 1 aliphatic rings. The maximum atomic E-state index is 11.2. The third kappa shape index (κ3) is 5.95. The monoisotopic (exact) mass is 261 g/mol. The summed E-state index contributed by atoms with van der Waals surface area (Å²) in [7, 11) is 1.61. The molecular weight excluding hydrogens is 242 g/mol. The minimum atomic E-state index is -0.477. The van der Waals surface area contributed by atoms with Crippen LogP contribution >= 0.6 is 0 Å². The van der Waals surface area contributed by atoms with E-state index >= 15 is 0 Å². The quantitative estimate of drug-likeness (QED) is 0.312. The van der Waals surface area contributed by atoms with Crippen molar-refractivity contribution in [3.05, 3.63) is 0 Å². The van der Waals surface area contributed by atoms with E-state index in [0.717, 1.165) is 0 Å². The van der Waals surface area contributed by atoms with Gasteiger partial charge in [0.25, 0.3) is 0 Å². The number of carbonyl (C=O) groups excluding carboxylic acids is 2. The molecule has 7 nitrogen and oxygen atoms in total. The van der Waals surface area contributed by atoms with Gasteiger partial charge in [0.15, 0.2) is 0 Å². The molecule has 0 aromatic carbocycles. The molecule has 1 heterocycles. The van der Waals surface area contributed by atoms with Gasteiger partial charge in [0.05, 0.1) is 39.5 Å². The summed E-state index contributed by atoms with van der Waals surface area (Å²) in [6.45, 7) is 2.53. The highest BCUT2D eigenvalue weighted by molar-refractivity contribution is 5.94. The van der Waals surface area contributed by atoms with Crippen LogP contribution in [0.1, 0.15) is 6.42 Å². The van der Waals surface area contributed by atoms with Crippen LogP contribution in [-0.2, 0) is 28.5 Å². The fourth-order valence-corrected chi connectivity index (χ4v) is 1.27. The van der Waals surface area contributed by atoms with E-state index in [0.29, 0.717) is 33.0 Å². The Balaban J connectivity index is 1.81. The van der Waals surface area contributed by atoms with Crippen molar-refractivity contribution in [3.63, 3.8) is 0 Å². The Morgan fingerprint density at radius 2 is 1.72 bits per heavy atom. The van der Waals surface area contributed by atoms with Crippen molar-refractivity contribution in [2.75, 3.05) is 46.8 Å². The third-order valence-electron chi connectivity index (χ3n) is 2.29. The van der Waals surface area contributed by atoms with E-state index in [1.165, 1.54) is 0 Å². The van der Waals surface area contributed by atoms with Crippen molar-refractivity contribution in [1.29, 1.82) is 0 Å². The average molecular weight is 261 g/mol. The van der Waals surface area contributed by atoms with Gasteiger partial charge in [-0.2, -0.15) is 0 Å². The van der Waals surface area contributed by atoms with Gasteiger partial charge in [-0.1, -0.05) is 0 Å². The van der Waals surface area contributed by atoms with E-state index in [9.17, 15) is 9.59 Å². The van der Waals surface area contributed by atoms with Gasteiger partial charge in [0.2, 0.25) is 5.91 Å². The van der Waals surface area contributed by atoms with Gasteiger partial charge in [-0.25, -0.2) is 4.79 Å². The number of amides is 1. The maximum absolute atomic E-state index is 11.2. The third-order valence-corrected chi connectivity index (χ3v) is 2.29. The van der Waals surface area contributed by atoms with Crippen molar-refractivity contribution < 1.29 is 28.5 Å². The zero-order valence-electron chi connectivity index (χ0n) is 10.5. The molecule has 1 atom stereocenters. The van der Waals surface area contributed by atoms with Gasteiger partial charge >= 0.3 is 5.97 Å². The number of methoxy groups -OCH3 is 1. The minimum Gasteiger partial charge on any atom is -0.462 e. The molecule has 0 aromatic heterocycles. The standard InChI is InChI=1S/C11H19NO6/c1-15-2-3-16-4-5-17-6-7-18-11(14)9-8-10(13)12-9/h9H,2-8H2,1H3,(H,12,13). The summed E-state index contributed by atoms with van der Waals surface area (Å²) in [5.41, 5.74) is 0. The van der Waals surface area contributed by atoms with Gasteiger partial charge in [0.1, 0.15) is 12.6 Å². The molecule has 0 saturated carbocycles. The molecule has 1 fully saturated rings. The van der Waals surface area contributed by atoms with Crippen molar-refractivity contribution in [1.82, 2.24) is 5.32 Å². The SMILES string of the molecule is COCCOCCOCCOC(=O)C1CC(=O)N1. The van der Waals surface area contributed by atoms with E-state index in [2.05, 4.69) is 5.32 Å². The zero-order chi connectivity index (χ0) is 13.2. The van der Waals surface area contributed by atoms with Gasteiger partial charge in [-0.15, -0.1) is 0 Å². The topological polar surface area (TPSA) is 83.1 Å². The first-order valence-corrected chi connectivity index (χ1v) is 5.84. The predicted octanol–water partition coefficient (Wildman–Crippen LogP) is -0.902. The lowest BCUT2D eigenvalue weighted by molar-refractivity contribution is -0.154. The van der Waals surface area contributed by atoms with Gasteiger partial charge in [0, 0.05) is 7.11 Å². The first-order chi connectivity index (χ1) is 8.74. The second-order valence-electron chi connectivity index (χ2n) is 3.71. The average Bonchev–Trinajstić information content (AvgIpc) is 2.32. The second kappa shape index (κ2) is 8.84. The summed E-state index contributed by atoms with van der Waals surface area (Å²) >= 11 is 0. The molecule has 1 aliphatic heterocycles. The summed E-state index contributed by atoms with van der Waals surface area (Å²) < 4.78 is 20.1. The highest BCUT2D eigenvalue weighted by Crippen LogP contribution is 2.05. The first-order valence-electron chi connectivity index (χ1n) is 5.84. The molecule has 1 unspecified atom stereocenters. The van der Waals surface area contributed by atoms with Crippen LogP contribution in [0.25, 0.3) is 0 Å². The molecule has 1 N–H and O–H groups in total. The van der Waals surface area contributed by atoms with Crippen LogP contribution < -0.4 is 5.32 Å². The number of esters is 1.